The van der Waals surface area contributed by atoms with Gasteiger partial charge in [-0.1, -0.05) is 121 Å². The number of carbonyl (C=O) groups excluding carboxylic acids is 2. The Balaban J connectivity index is 1.30. The van der Waals surface area contributed by atoms with Gasteiger partial charge in [0.05, 0.1) is 24.3 Å². The Kier molecular flexibility index (Phi) is 10.4. The van der Waals surface area contributed by atoms with E-state index in [1.807, 2.05) is 109 Å². The van der Waals surface area contributed by atoms with Crippen molar-refractivity contribution in [2.24, 2.45) is 0 Å². The average Bonchev–Trinajstić information content (AvgIpc) is 3.42. The second-order valence-electron chi connectivity index (χ2n) is 12.0. The molecule has 1 fully saturated rings. The van der Waals surface area contributed by atoms with Crippen molar-refractivity contribution in [3.63, 3.8) is 0 Å². The molecule has 9 heteroatoms. The van der Waals surface area contributed by atoms with Crippen molar-refractivity contribution in [3.8, 4) is 5.75 Å². The molecule has 0 bridgehead atoms. The van der Waals surface area contributed by atoms with E-state index < -0.39 is 42.5 Å². The van der Waals surface area contributed by atoms with E-state index in [1.54, 1.807) is 36.4 Å². The van der Waals surface area contributed by atoms with Gasteiger partial charge >= 0.3 is 0 Å². The molecule has 0 radical (unpaired) electrons. The smallest absolute Gasteiger partial charge is 0.262 e. The maximum atomic E-state index is 14.1. The number of ether oxygens (including phenoxy) is 5. The molecule has 2 heterocycles. The molecule has 2 aliphatic heterocycles. The molecular weight excluding hydrogens is 651 g/mol. The van der Waals surface area contributed by atoms with Gasteiger partial charge in [-0.3, -0.25) is 14.5 Å². The number of imide groups is 1. The van der Waals surface area contributed by atoms with Crippen LogP contribution in [0.5, 0.6) is 5.75 Å². The van der Waals surface area contributed by atoms with Crippen LogP contribution < -0.4 is 4.74 Å². The first-order valence-electron chi connectivity index (χ1n) is 16.4. The molecule has 0 unspecified atom stereocenters. The number of carbonyl (C=O) groups is 2. The predicted molar refractivity (Wildman–Crippen MR) is 190 cm³/mol. The number of para-hydroxylation sites is 1. The standard InChI is InChI=1S/C41H35NO7S/c43-38-32-23-13-14-24-33(32)39(44)42(38)34-35(45-25-28-15-5-1-6-16-28)36(46-26-29-17-7-2-8-18-29)37(41(50)47-27-30-19-9-3-10-20-30)49-40(34)48-31-21-11-4-12-22-31/h1-24,34-37,40H,25-27H2/t34-,35-,36+,37+,40+/m1/s1. The number of benzene rings is 5. The summed E-state index contributed by atoms with van der Waals surface area (Å²) in [5.41, 5.74) is 3.31. The van der Waals surface area contributed by atoms with Crippen LogP contribution in [0.1, 0.15) is 37.4 Å². The maximum absolute atomic E-state index is 14.1. The number of thiocarbonyl (C=S) groups is 1. The van der Waals surface area contributed by atoms with Crippen molar-refractivity contribution in [2.45, 2.75) is 50.5 Å². The predicted octanol–water partition coefficient (Wildman–Crippen LogP) is 7.17. The Morgan fingerprint density at radius 3 is 1.54 bits per heavy atom. The van der Waals surface area contributed by atoms with Crippen LogP contribution in [-0.4, -0.2) is 52.4 Å². The van der Waals surface area contributed by atoms with Crippen molar-refractivity contribution in [2.75, 3.05) is 0 Å². The summed E-state index contributed by atoms with van der Waals surface area (Å²) in [6.45, 7) is 0.530. The summed E-state index contributed by atoms with van der Waals surface area (Å²) in [5.74, 6) is -0.478. The minimum Gasteiger partial charge on any atom is -0.480 e. The van der Waals surface area contributed by atoms with Crippen LogP contribution in [0.3, 0.4) is 0 Å². The van der Waals surface area contributed by atoms with Gasteiger partial charge in [-0.15, -0.1) is 0 Å². The summed E-state index contributed by atoms with van der Waals surface area (Å²) in [6.07, 6.45) is -4.09. The molecular formula is C41H35NO7S. The molecule has 0 spiro atoms. The van der Waals surface area contributed by atoms with Crippen LogP contribution >= 0.6 is 12.2 Å². The molecule has 2 aliphatic rings. The van der Waals surface area contributed by atoms with Gasteiger partial charge in [-0.25, -0.2) is 0 Å². The first kappa shape index (κ1) is 33.3. The van der Waals surface area contributed by atoms with Gasteiger partial charge in [-0.05, 0) is 53.2 Å². The van der Waals surface area contributed by atoms with Crippen LogP contribution in [0.15, 0.2) is 146 Å². The molecule has 1 saturated heterocycles. The lowest BCUT2D eigenvalue weighted by molar-refractivity contribution is -0.257. The zero-order valence-corrected chi connectivity index (χ0v) is 27.9. The highest BCUT2D eigenvalue weighted by Gasteiger charge is 2.57. The monoisotopic (exact) mass is 685 g/mol. The summed E-state index contributed by atoms with van der Waals surface area (Å²) < 4.78 is 32.8. The fraction of sp³-hybridized carbons (Fsp3) is 0.195. The third-order valence-electron chi connectivity index (χ3n) is 8.66. The van der Waals surface area contributed by atoms with E-state index in [2.05, 4.69) is 0 Å². The summed E-state index contributed by atoms with van der Waals surface area (Å²) in [4.78, 5) is 29.5. The number of fused-ring (bicyclic) bond motifs is 1. The number of rotatable bonds is 12. The van der Waals surface area contributed by atoms with E-state index in [0.717, 1.165) is 16.7 Å². The highest BCUT2D eigenvalue weighted by Crippen LogP contribution is 2.37. The average molecular weight is 686 g/mol. The fourth-order valence-electron chi connectivity index (χ4n) is 6.21. The first-order valence-corrected chi connectivity index (χ1v) is 16.8. The van der Waals surface area contributed by atoms with E-state index >= 15 is 0 Å². The van der Waals surface area contributed by atoms with Gasteiger partial charge in [0.15, 0.2) is 11.2 Å². The Hall–Kier alpha value is -5.19. The molecule has 0 aliphatic carbocycles. The maximum Gasteiger partial charge on any atom is 0.262 e. The normalized spacial score (nSPS) is 21.4. The van der Waals surface area contributed by atoms with Crippen LogP contribution in [0.2, 0.25) is 0 Å². The van der Waals surface area contributed by atoms with Crippen molar-refractivity contribution >= 4 is 29.1 Å². The van der Waals surface area contributed by atoms with Gasteiger partial charge in [0, 0.05) is 0 Å². The molecule has 0 saturated carbocycles. The van der Waals surface area contributed by atoms with Crippen LogP contribution in [-0.2, 0) is 38.8 Å². The Labute approximate surface area is 296 Å². The van der Waals surface area contributed by atoms with Crippen molar-refractivity contribution in [1.82, 2.24) is 4.90 Å². The SMILES string of the molecule is O=C1c2ccccc2C(=O)N1[C@H]1[C@@H](Oc2ccccc2)O[C@H](C(=S)OCc2ccccc2)[C@@H](OCc2ccccc2)[C@@H]1OCc1ccccc1. The summed E-state index contributed by atoms with van der Waals surface area (Å²) >= 11 is 5.92. The second-order valence-corrected chi connectivity index (χ2v) is 12.4. The topological polar surface area (TPSA) is 83.5 Å². The van der Waals surface area contributed by atoms with E-state index in [0.29, 0.717) is 16.9 Å². The number of hydrogen-bond donors (Lipinski definition) is 0. The van der Waals surface area contributed by atoms with Gasteiger partial charge in [-0.2, -0.15) is 0 Å². The van der Waals surface area contributed by atoms with E-state index in [-0.39, 0.29) is 24.9 Å². The third-order valence-corrected chi connectivity index (χ3v) is 9.01. The Morgan fingerprint density at radius 2 is 1.02 bits per heavy atom. The molecule has 7 rings (SSSR count). The molecule has 5 aromatic rings. The van der Waals surface area contributed by atoms with Crippen LogP contribution in [0.4, 0.5) is 0 Å². The fourth-order valence-corrected chi connectivity index (χ4v) is 6.46. The Morgan fingerprint density at radius 1 is 0.580 bits per heavy atom. The largest absolute Gasteiger partial charge is 0.480 e. The molecule has 0 aromatic heterocycles. The molecule has 50 heavy (non-hydrogen) atoms. The molecule has 8 nitrogen and oxygen atoms in total. The quantitative estimate of drug-likeness (QED) is 0.101. The van der Waals surface area contributed by atoms with E-state index in [9.17, 15) is 9.59 Å². The van der Waals surface area contributed by atoms with Crippen molar-refractivity contribution in [1.29, 1.82) is 0 Å². The second kappa shape index (κ2) is 15.6. The highest BCUT2D eigenvalue weighted by atomic mass is 32.1. The van der Waals surface area contributed by atoms with Crippen molar-refractivity contribution in [3.05, 3.63) is 173 Å². The first-order chi connectivity index (χ1) is 24.6. The van der Waals surface area contributed by atoms with Gasteiger partial charge in [0.25, 0.3) is 11.8 Å². The molecule has 252 valence electrons. The summed E-state index contributed by atoms with van der Waals surface area (Å²) in [5, 5.41) is 0.127. The van der Waals surface area contributed by atoms with Crippen LogP contribution in [0, 0.1) is 0 Å². The minimum atomic E-state index is -1.21. The lowest BCUT2D eigenvalue weighted by Crippen LogP contribution is -2.68. The number of nitrogens with zero attached hydrogens (tertiary/aromatic N) is 1. The van der Waals surface area contributed by atoms with E-state index in [1.165, 1.54) is 4.90 Å². The zero-order chi connectivity index (χ0) is 34.3. The third kappa shape index (κ3) is 7.36. The molecule has 0 N–H and O–H groups in total. The molecule has 2 amide bonds. The Bertz CT molecular complexity index is 1870. The zero-order valence-electron chi connectivity index (χ0n) is 27.1. The lowest BCUT2D eigenvalue weighted by atomic mass is 9.94. The highest BCUT2D eigenvalue weighted by molar-refractivity contribution is 7.80. The van der Waals surface area contributed by atoms with Gasteiger partial charge < -0.3 is 23.7 Å². The minimum absolute atomic E-state index is 0.127. The van der Waals surface area contributed by atoms with Gasteiger partial charge in [0.2, 0.25) is 6.29 Å². The molecule has 5 atom stereocenters. The number of hydrogen-bond acceptors (Lipinski definition) is 8. The van der Waals surface area contributed by atoms with E-state index in [4.69, 9.17) is 35.9 Å². The summed E-state index contributed by atoms with van der Waals surface area (Å²) in [6, 6.07) is 43.8. The van der Waals surface area contributed by atoms with Crippen molar-refractivity contribution < 1.29 is 33.3 Å². The molecule has 5 aromatic carbocycles. The van der Waals surface area contributed by atoms with Crippen LogP contribution in [0.25, 0.3) is 0 Å². The van der Waals surface area contributed by atoms with Gasteiger partial charge in [0.1, 0.15) is 30.6 Å². The number of amides is 2. The summed E-state index contributed by atoms with van der Waals surface area (Å²) in [7, 11) is 0. The lowest BCUT2D eigenvalue weighted by Gasteiger charge is -2.48.